The molecule has 1 saturated carbocycles. The monoisotopic (exact) mass is 469 g/mol. The van der Waals surface area contributed by atoms with Crippen LogP contribution in [0.2, 0.25) is 0 Å². The average molecular weight is 470 g/mol. The Morgan fingerprint density at radius 1 is 1.00 bits per heavy atom. The summed E-state index contributed by atoms with van der Waals surface area (Å²) < 4.78 is 32.5. The molecular formula is C14H19N3O9S3. The molecule has 0 bridgehead atoms. The highest BCUT2D eigenvalue weighted by Gasteiger charge is 2.35. The molecule has 15 heteroatoms. The Morgan fingerprint density at radius 2 is 1.48 bits per heavy atom. The molecule has 1 aromatic rings. The smallest absolute Gasteiger partial charge is 0.300 e. The second-order valence-electron chi connectivity index (χ2n) is 6.16. The van der Waals surface area contributed by atoms with Gasteiger partial charge < -0.3 is 4.55 Å². The van der Waals surface area contributed by atoms with Crippen LogP contribution in [-0.2, 0) is 21.0 Å². The first kappa shape index (κ1) is 25.1. The molecule has 0 aliphatic heterocycles. The van der Waals surface area contributed by atoms with E-state index in [-0.39, 0.29) is 12.1 Å². The summed E-state index contributed by atoms with van der Waals surface area (Å²) in [7, 11) is -4.89. The van der Waals surface area contributed by atoms with Gasteiger partial charge in [0.05, 0.1) is 44.7 Å². The van der Waals surface area contributed by atoms with E-state index in [1.807, 2.05) is 0 Å². The number of hydrogen-bond donors (Lipinski definition) is 0. The summed E-state index contributed by atoms with van der Waals surface area (Å²) in [6.45, 7) is 0. The van der Waals surface area contributed by atoms with E-state index in [1.54, 1.807) is 0 Å². The van der Waals surface area contributed by atoms with Crippen LogP contribution in [0.5, 0.6) is 0 Å². The standard InChI is InChI=1S/C8H17S2.C6H3N3O9S/c1-9-7-5-4-6-8(7)10(2)3;10-7(11)3-1-4(8(12)13)6(19(16,17)18)5(2-3)9(14)15/h7-8H,4-6H2,1-3H3;1-2H,(H,16,17,18)/q+1;/p-1. The molecule has 12 nitrogen and oxygen atoms in total. The van der Waals surface area contributed by atoms with Crippen molar-refractivity contribution < 1.29 is 27.7 Å². The van der Waals surface area contributed by atoms with Gasteiger partial charge in [0.15, 0.2) is 0 Å². The number of nitrogens with zero attached hydrogens (tertiary/aromatic N) is 3. The van der Waals surface area contributed by atoms with Crippen molar-refractivity contribution in [2.45, 2.75) is 34.7 Å². The van der Waals surface area contributed by atoms with Crippen LogP contribution in [0.4, 0.5) is 17.1 Å². The molecule has 1 aliphatic carbocycles. The van der Waals surface area contributed by atoms with Crippen LogP contribution in [-0.4, -0.2) is 57.0 Å². The van der Waals surface area contributed by atoms with Gasteiger partial charge in [0, 0.05) is 0 Å². The van der Waals surface area contributed by atoms with Gasteiger partial charge in [-0.25, -0.2) is 8.42 Å². The summed E-state index contributed by atoms with van der Waals surface area (Å²) in [6.07, 6.45) is 11.5. The minimum atomic E-state index is -5.55. The van der Waals surface area contributed by atoms with Crippen molar-refractivity contribution in [1.29, 1.82) is 0 Å². The summed E-state index contributed by atoms with van der Waals surface area (Å²) in [5.74, 6) is 0. The maximum absolute atomic E-state index is 10.8. The summed E-state index contributed by atoms with van der Waals surface area (Å²) in [4.78, 5) is 25.8. The van der Waals surface area contributed by atoms with E-state index >= 15 is 0 Å². The quantitative estimate of drug-likeness (QED) is 0.259. The number of nitro groups is 3. The highest BCUT2D eigenvalue weighted by atomic mass is 32.2. The Balaban J connectivity index is 0.000000352. The Bertz CT molecular complexity index is 870. The fourth-order valence-electron chi connectivity index (χ4n) is 2.92. The van der Waals surface area contributed by atoms with E-state index in [2.05, 4.69) is 30.5 Å². The summed E-state index contributed by atoms with van der Waals surface area (Å²) in [5, 5.41) is 33.6. The fourth-order valence-corrected chi connectivity index (χ4v) is 6.92. The van der Waals surface area contributed by atoms with Crippen molar-refractivity contribution in [3.8, 4) is 0 Å². The lowest BCUT2D eigenvalue weighted by Gasteiger charge is -2.13. The first-order valence-electron chi connectivity index (χ1n) is 7.97. The van der Waals surface area contributed by atoms with Gasteiger partial charge >= 0.3 is 11.4 Å². The van der Waals surface area contributed by atoms with Crippen molar-refractivity contribution >= 4 is 49.8 Å². The lowest BCUT2D eigenvalue weighted by Crippen LogP contribution is -2.25. The SMILES string of the molecule is CSC1CCCC1[S+](C)C.O=[N+]([O-])c1cc([N+](=O)[O-])c(S(=O)(=O)[O-])c([N+](=O)[O-])c1. The molecule has 0 aromatic heterocycles. The van der Waals surface area contributed by atoms with Gasteiger partial charge in [0.25, 0.3) is 5.69 Å². The van der Waals surface area contributed by atoms with E-state index in [9.17, 15) is 43.3 Å². The molecule has 0 radical (unpaired) electrons. The minimum Gasteiger partial charge on any atom is -0.744 e. The van der Waals surface area contributed by atoms with E-state index in [4.69, 9.17) is 0 Å². The Kier molecular flexibility index (Phi) is 8.80. The number of non-ortho nitro benzene ring substituents is 1. The molecule has 0 N–H and O–H groups in total. The predicted molar refractivity (Wildman–Crippen MR) is 109 cm³/mol. The molecule has 29 heavy (non-hydrogen) atoms. The lowest BCUT2D eigenvalue weighted by atomic mass is 10.2. The third kappa shape index (κ3) is 6.52. The molecule has 1 fully saturated rings. The third-order valence-electron chi connectivity index (χ3n) is 4.19. The summed E-state index contributed by atoms with van der Waals surface area (Å²) in [6, 6.07) is 0.329. The second-order valence-corrected chi connectivity index (χ2v) is 10.9. The van der Waals surface area contributed by atoms with Gasteiger partial charge in [-0.2, -0.15) is 11.8 Å². The van der Waals surface area contributed by atoms with Crippen LogP contribution in [0.15, 0.2) is 17.0 Å². The van der Waals surface area contributed by atoms with Crippen LogP contribution in [0, 0.1) is 30.3 Å². The van der Waals surface area contributed by atoms with E-state index in [0.717, 1.165) is 10.5 Å². The maximum atomic E-state index is 10.8. The number of rotatable bonds is 6. The normalized spacial score (nSPS) is 18.8. The van der Waals surface area contributed by atoms with E-state index in [1.165, 1.54) is 19.3 Å². The summed E-state index contributed by atoms with van der Waals surface area (Å²) in [5.41, 5.74) is -4.11. The number of hydrogen-bond acceptors (Lipinski definition) is 10. The van der Waals surface area contributed by atoms with Gasteiger partial charge in [-0.1, -0.05) is 0 Å². The largest absolute Gasteiger partial charge is 0.744 e. The molecule has 162 valence electrons. The zero-order valence-electron chi connectivity index (χ0n) is 15.7. The van der Waals surface area contributed by atoms with Gasteiger partial charge in [-0.15, -0.1) is 0 Å². The van der Waals surface area contributed by atoms with Gasteiger partial charge in [-0.3, -0.25) is 30.3 Å². The average Bonchev–Trinajstić information content (AvgIpc) is 3.09. The van der Waals surface area contributed by atoms with Crippen molar-refractivity contribution in [1.82, 2.24) is 0 Å². The number of thioether (sulfide) groups is 1. The van der Waals surface area contributed by atoms with Crippen LogP contribution < -0.4 is 0 Å². The van der Waals surface area contributed by atoms with Crippen molar-refractivity contribution in [2.24, 2.45) is 0 Å². The Hall–Kier alpha value is -1.97. The molecule has 0 amide bonds. The maximum Gasteiger partial charge on any atom is 0.300 e. The van der Waals surface area contributed by atoms with Crippen molar-refractivity contribution in [2.75, 3.05) is 18.8 Å². The lowest BCUT2D eigenvalue weighted by molar-refractivity contribution is -0.407. The molecule has 0 spiro atoms. The molecule has 0 heterocycles. The third-order valence-corrected chi connectivity index (χ3v) is 8.22. The Morgan fingerprint density at radius 3 is 1.76 bits per heavy atom. The second kappa shape index (κ2) is 10.2. The summed E-state index contributed by atoms with van der Waals surface area (Å²) >= 11 is 2.08. The number of nitro benzene ring substituents is 3. The zero-order chi connectivity index (χ0) is 22.5. The first-order chi connectivity index (χ1) is 13.3. The van der Waals surface area contributed by atoms with Crippen LogP contribution in [0.25, 0.3) is 0 Å². The predicted octanol–water partition coefficient (Wildman–Crippen LogP) is 2.46. The first-order valence-corrected chi connectivity index (χ1v) is 12.8. The minimum absolute atomic E-state index is 0.164. The zero-order valence-corrected chi connectivity index (χ0v) is 18.1. The van der Waals surface area contributed by atoms with Crippen molar-refractivity contribution in [3.63, 3.8) is 0 Å². The van der Waals surface area contributed by atoms with Gasteiger partial charge in [-0.05, 0) is 36.4 Å². The van der Waals surface area contributed by atoms with Crippen LogP contribution in [0.3, 0.4) is 0 Å². The fraction of sp³-hybridized carbons (Fsp3) is 0.571. The van der Waals surface area contributed by atoms with Crippen LogP contribution in [0.1, 0.15) is 19.3 Å². The molecule has 2 rings (SSSR count). The highest BCUT2D eigenvalue weighted by Crippen LogP contribution is 2.36. The molecule has 1 aromatic carbocycles. The van der Waals surface area contributed by atoms with E-state index in [0.29, 0.717) is 10.9 Å². The van der Waals surface area contributed by atoms with Gasteiger partial charge in [0.2, 0.25) is 4.90 Å². The molecule has 1 aliphatic rings. The highest BCUT2D eigenvalue weighted by molar-refractivity contribution is 8.01. The van der Waals surface area contributed by atoms with E-state index < -0.39 is 46.8 Å². The Labute approximate surface area is 173 Å². The topological polar surface area (TPSA) is 187 Å². The molecular weight excluding hydrogens is 450 g/mol. The molecule has 0 saturated heterocycles. The van der Waals surface area contributed by atoms with Crippen LogP contribution >= 0.6 is 11.8 Å². The van der Waals surface area contributed by atoms with Crippen molar-refractivity contribution in [3.05, 3.63) is 42.5 Å². The number of benzene rings is 1. The van der Waals surface area contributed by atoms with Gasteiger partial charge in [0.1, 0.15) is 15.4 Å². The molecule has 2 unspecified atom stereocenters. The molecule has 2 atom stereocenters.